The summed E-state index contributed by atoms with van der Waals surface area (Å²) >= 11 is 0. The standard InChI is InChI=1S/C47H30N2.2C46H28N2O/c1-2-14-35(15-3-1)48-44-19-9-8-18-38(44)40-26-31(21-23-45(40)48)32-22-24-46-41(27-32)42-29-39-34(25-33-12-5-6-16-36(33)39)28-47(42)49(46)43-20-10-13-30-11-4-7-17-37(30)43;1-2-13-32(14-3-1)47-41-18-8-6-16-34(41)38-27-30(21-25-42(38)47)31-22-26-43-39(28-31)36-23-24-37-35-17-7-9-20-44(35)49-46(37)45(36)48(43)40-19-10-12-29-11-4-5-15-33(29)40;1-2-13-32(14-3-1)47-40-18-8-6-16-34(40)37-27-30(21-24-41(37)47)31-22-25-42-38(28-31)35-23-26-44-45(36-17-7-9-20-43(36)49-44)46(35)48(42)39-19-10-12-29-11-4-5-15-33(29)39/h1-24,26-29H,25H2;2*1-28H. The van der Waals surface area contributed by atoms with E-state index in [0.717, 1.165) is 67.0 Å². The fraction of sp³-hybridized carbons (Fsp3) is 0.00719. The van der Waals surface area contributed by atoms with Crippen LogP contribution in [0.3, 0.4) is 0 Å². The molecule has 0 amide bonds. The molecule has 0 spiro atoms. The molecule has 1 aliphatic carbocycles. The molecule has 8 heteroatoms. The second-order valence-corrected chi connectivity index (χ2v) is 39.2. The molecule has 0 N–H and O–H groups in total. The predicted molar refractivity (Wildman–Crippen MR) is 617 cm³/mol. The molecule has 0 saturated heterocycles. The highest BCUT2D eigenvalue weighted by Gasteiger charge is 2.29. The Balaban J connectivity index is 0.0000000999. The van der Waals surface area contributed by atoms with Gasteiger partial charge in [-0.3, -0.25) is 0 Å². The molecule has 0 atom stereocenters. The Labute approximate surface area is 843 Å². The minimum absolute atomic E-state index is 0.901. The van der Waals surface area contributed by atoms with E-state index in [2.05, 4.69) is 525 Å². The fourth-order valence-electron chi connectivity index (χ4n) is 24.8. The van der Waals surface area contributed by atoms with Crippen molar-refractivity contribution >= 4 is 207 Å². The largest absolute Gasteiger partial charge is 0.456 e. The van der Waals surface area contributed by atoms with Gasteiger partial charge in [-0.05, 0) is 266 Å². The SMILES string of the molecule is c1ccc(-n2c3ccccc3c3cc(-c4ccc5c(c4)c4cc6c(cc4n5-c4cccc5ccccc45)Cc4ccccc4-6)ccc32)cc1.c1ccc(-n2c3ccccc3c3cc(-c4ccc5c(c4)c4ccc6c7ccccc7oc6c4n5-c4cccc5ccccc45)ccc32)cc1.c1ccc(-n2c3ccccc3c3cc(-c4ccc5c(c4)c4ccc6oc7ccccc7c6c4n5-c4cccc5ccccc45)ccc32)cc1. The van der Waals surface area contributed by atoms with E-state index in [0.29, 0.717) is 0 Å². The van der Waals surface area contributed by atoms with Crippen LogP contribution in [0.5, 0.6) is 0 Å². The van der Waals surface area contributed by atoms with E-state index in [1.54, 1.807) is 0 Å². The lowest BCUT2D eigenvalue weighted by Crippen LogP contribution is -1.96. The summed E-state index contributed by atoms with van der Waals surface area (Å²) in [6, 6.07) is 185. The molecular weight excluding hydrogens is 1790 g/mol. The average Bonchev–Trinajstić information content (AvgIpc) is 1.57. The summed E-state index contributed by atoms with van der Waals surface area (Å²) in [5, 5.41) is 26.9. The summed E-state index contributed by atoms with van der Waals surface area (Å²) in [6.07, 6.45) is 0.973. The van der Waals surface area contributed by atoms with Gasteiger partial charge in [-0.1, -0.05) is 322 Å². The van der Waals surface area contributed by atoms with Gasteiger partial charge in [-0.25, -0.2) is 0 Å². The van der Waals surface area contributed by atoms with Crippen molar-refractivity contribution in [3.63, 3.8) is 0 Å². The van der Waals surface area contributed by atoms with E-state index in [4.69, 9.17) is 8.83 Å². The van der Waals surface area contributed by atoms with Crippen LogP contribution in [0.4, 0.5) is 0 Å². The third kappa shape index (κ3) is 12.7. The predicted octanol–water partition coefficient (Wildman–Crippen LogP) is 37.5. The summed E-state index contributed by atoms with van der Waals surface area (Å²) in [5.41, 5.74) is 37.8. The van der Waals surface area contributed by atoms with Gasteiger partial charge in [0.25, 0.3) is 0 Å². The lowest BCUT2D eigenvalue weighted by molar-refractivity contribution is 0.669. The van der Waals surface area contributed by atoms with Gasteiger partial charge in [0, 0.05) is 114 Å². The Hall–Kier alpha value is -19.5. The molecule has 0 aliphatic heterocycles. The molecule has 24 aromatic carbocycles. The zero-order valence-corrected chi connectivity index (χ0v) is 79.7. The van der Waals surface area contributed by atoms with Gasteiger partial charge in [0.1, 0.15) is 16.7 Å². The number of para-hydroxylation sites is 8. The van der Waals surface area contributed by atoms with E-state index in [1.807, 2.05) is 12.1 Å². The second-order valence-electron chi connectivity index (χ2n) is 39.2. The van der Waals surface area contributed by atoms with Crippen molar-refractivity contribution in [1.82, 2.24) is 27.4 Å². The molecule has 1 aliphatic rings. The van der Waals surface area contributed by atoms with Crippen LogP contribution < -0.4 is 0 Å². The quantitative estimate of drug-likeness (QED) is 0.145. The van der Waals surface area contributed by atoms with Gasteiger partial charge in [0.15, 0.2) is 5.58 Å². The molecule has 147 heavy (non-hydrogen) atoms. The summed E-state index contributed by atoms with van der Waals surface area (Å²) < 4.78 is 27.6. The fourth-order valence-corrected chi connectivity index (χ4v) is 24.8. The summed E-state index contributed by atoms with van der Waals surface area (Å²) in [6.45, 7) is 0. The number of benzene rings is 24. The molecule has 0 radical (unpaired) electrons. The topological polar surface area (TPSA) is 55.9 Å². The highest BCUT2D eigenvalue weighted by atomic mass is 16.3. The molecule has 32 aromatic rings. The first kappa shape index (κ1) is 82.2. The maximum atomic E-state index is 6.69. The lowest BCUT2D eigenvalue weighted by Gasteiger charge is -2.12. The van der Waals surface area contributed by atoms with Gasteiger partial charge < -0.3 is 36.2 Å². The van der Waals surface area contributed by atoms with Gasteiger partial charge in [-0.15, -0.1) is 0 Å². The van der Waals surface area contributed by atoms with E-state index in [9.17, 15) is 0 Å². The molecule has 8 heterocycles. The highest BCUT2D eigenvalue weighted by Crippen LogP contribution is 2.51. The first-order valence-corrected chi connectivity index (χ1v) is 50.6. The third-order valence-electron chi connectivity index (χ3n) is 31.3. The maximum absolute atomic E-state index is 6.69. The van der Waals surface area contributed by atoms with Crippen LogP contribution in [0.25, 0.3) is 286 Å². The van der Waals surface area contributed by atoms with Gasteiger partial charge >= 0.3 is 0 Å². The zero-order valence-electron chi connectivity index (χ0n) is 79.7. The molecule has 0 saturated carbocycles. The van der Waals surface area contributed by atoms with Crippen molar-refractivity contribution in [2.24, 2.45) is 0 Å². The third-order valence-corrected chi connectivity index (χ3v) is 31.3. The van der Waals surface area contributed by atoms with E-state index in [1.165, 1.54) is 236 Å². The highest BCUT2D eigenvalue weighted by molar-refractivity contribution is 6.27. The Kier molecular flexibility index (Phi) is 18.2. The number of aromatic nitrogens is 6. The molecule has 0 unspecified atom stereocenters. The second kappa shape index (κ2) is 32.5. The lowest BCUT2D eigenvalue weighted by atomic mass is 9.99. The molecular formula is C139H86N6O2. The summed E-state index contributed by atoms with van der Waals surface area (Å²) in [4.78, 5) is 0. The van der Waals surface area contributed by atoms with Gasteiger partial charge in [-0.2, -0.15) is 0 Å². The minimum Gasteiger partial charge on any atom is -0.456 e. The molecule has 684 valence electrons. The van der Waals surface area contributed by atoms with Crippen LogP contribution in [0, 0.1) is 0 Å². The number of rotatable bonds is 9. The van der Waals surface area contributed by atoms with Crippen LogP contribution in [-0.2, 0) is 6.42 Å². The first-order valence-electron chi connectivity index (χ1n) is 50.6. The smallest absolute Gasteiger partial charge is 0.160 e. The van der Waals surface area contributed by atoms with Crippen LogP contribution in [0.1, 0.15) is 11.1 Å². The Morgan fingerprint density at radius 2 is 0.476 bits per heavy atom. The zero-order chi connectivity index (χ0) is 96.2. The molecule has 0 fully saturated rings. The number of nitrogens with zero attached hydrogens (tertiary/aromatic N) is 6. The molecule has 0 bridgehead atoms. The summed E-state index contributed by atoms with van der Waals surface area (Å²) in [7, 11) is 0. The molecule has 33 rings (SSSR count). The minimum atomic E-state index is 0.901. The van der Waals surface area contributed by atoms with Crippen molar-refractivity contribution in [3.05, 3.63) is 521 Å². The monoisotopic (exact) mass is 1870 g/mol. The van der Waals surface area contributed by atoms with E-state index >= 15 is 0 Å². The Morgan fingerprint density at radius 1 is 0.156 bits per heavy atom. The Morgan fingerprint density at radius 3 is 0.946 bits per heavy atom. The van der Waals surface area contributed by atoms with Crippen LogP contribution in [0.2, 0.25) is 0 Å². The number of furan rings is 2. The number of hydrogen-bond acceptors (Lipinski definition) is 2. The maximum Gasteiger partial charge on any atom is 0.160 e. The first-order chi connectivity index (χ1) is 72.9. The van der Waals surface area contributed by atoms with E-state index in [-0.39, 0.29) is 0 Å². The van der Waals surface area contributed by atoms with Gasteiger partial charge in [0.05, 0.1) is 88.6 Å². The van der Waals surface area contributed by atoms with Crippen LogP contribution in [0.15, 0.2) is 518 Å². The van der Waals surface area contributed by atoms with Gasteiger partial charge in [0.2, 0.25) is 0 Å². The summed E-state index contributed by atoms with van der Waals surface area (Å²) in [5.74, 6) is 0. The van der Waals surface area contributed by atoms with Crippen molar-refractivity contribution < 1.29 is 8.83 Å². The van der Waals surface area contributed by atoms with Crippen molar-refractivity contribution in [1.29, 1.82) is 0 Å². The van der Waals surface area contributed by atoms with Crippen LogP contribution in [-0.4, -0.2) is 27.4 Å². The van der Waals surface area contributed by atoms with Crippen molar-refractivity contribution in [3.8, 4) is 78.6 Å². The molecule has 8 aromatic heterocycles. The normalized spacial score (nSPS) is 12.2. The van der Waals surface area contributed by atoms with Crippen LogP contribution >= 0.6 is 0 Å². The van der Waals surface area contributed by atoms with E-state index < -0.39 is 0 Å². The average molecular weight is 1870 g/mol. The molecule has 8 nitrogen and oxygen atoms in total. The van der Waals surface area contributed by atoms with Crippen molar-refractivity contribution in [2.75, 3.05) is 0 Å². The van der Waals surface area contributed by atoms with Crippen molar-refractivity contribution in [2.45, 2.75) is 6.42 Å². The number of hydrogen-bond donors (Lipinski definition) is 0. The Bertz CT molecular complexity index is 11100. The number of fused-ring (bicyclic) bond motifs is 32.